The van der Waals surface area contributed by atoms with E-state index in [4.69, 9.17) is 10.5 Å². The maximum absolute atomic E-state index is 12.3. The van der Waals surface area contributed by atoms with Gasteiger partial charge in [-0.3, -0.25) is 9.52 Å². The highest BCUT2D eigenvalue weighted by Crippen LogP contribution is 2.32. The molecule has 112 valence electrons. The molecule has 0 aliphatic heterocycles. The highest BCUT2D eigenvalue weighted by atomic mass is 79.9. The Labute approximate surface area is 134 Å². The summed E-state index contributed by atoms with van der Waals surface area (Å²) in [5.74, 6) is -0.369. The average molecular weight is 391 g/mol. The standard InChI is InChI=1S/C12H11BrN2O4S2/c1-19-10-3-2-7(11(14)16)6-9(10)15-21(17,18)12-8(13)4-5-20-12/h2-6,15H,1H3,(H2,14,16). The Hall–Kier alpha value is -1.58. The third-order valence-corrected chi connectivity index (χ3v) is 6.59. The van der Waals surface area contributed by atoms with E-state index in [0.29, 0.717) is 4.47 Å². The number of nitrogens with one attached hydrogen (secondary N) is 1. The molecule has 2 rings (SSSR count). The Kier molecular flexibility index (Phi) is 4.55. The van der Waals surface area contributed by atoms with E-state index in [9.17, 15) is 13.2 Å². The Bertz CT molecular complexity index is 786. The van der Waals surface area contributed by atoms with Crippen molar-refractivity contribution in [1.82, 2.24) is 0 Å². The van der Waals surface area contributed by atoms with Crippen LogP contribution in [0.4, 0.5) is 5.69 Å². The predicted octanol–water partition coefficient (Wildman–Crippen LogP) is 2.42. The summed E-state index contributed by atoms with van der Waals surface area (Å²) in [5, 5.41) is 1.65. The number of thiophene rings is 1. The maximum atomic E-state index is 12.3. The zero-order chi connectivity index (χ0) is 15.6. The highest BCUT2D eigenvalue weighted by molar-refractivity contribution is 9.10. The second-order valence-corrected chi connectivity index (χ2v) is 7.59. The van der Waals surface area contributed by atoms with E-state index in [0.717, 1.165) is 11.3 Å². The quantitative estimate of drug-likeness (QED) is 0.818. The molecule has 0 saturated heterocycles. The number of primary amides is 1. The number of methoxy groups -OCH3 is 1. The van der Waals surface area contributed by atoms with Crippen LogP contribution in [0.25, 0.3) is 0 Å². The van der Waals surface area contributed by atoms with Gasteiger partial charge < -0.3 is 10.5 Å². The summed E-state index contributed by atoms with van der Waals surface area (Å²) in [6.07, 6.45) is 0. The lowest BCUT2D eigenvalue weighted by Crippen LogP contribution is -2.15. The molecule has 0 radical (unpaired) electrons. The molecule has 0 spiro atoms. The molecule has 0 atom stereocenters. The van der Waals surface area contributed by atoms with Crippen LogP contribution in [0.5, 0.6) is 5.75 Å². The third kappa shape index (κ3) is 3.36. The van der Waals surface area contributed by atoms with E-state index in [1.165, 1.54) is 25.3 Å². The maximum Gasteiger partial charge on any atom is 0.272 e. The smallest absolute Gasteiger partial charge is 0.272 e. The van der Waals surface area contributed by atoms with Crippen molar-refractivity contribution in [1.29, 1.82) is 0 Å². The zero-order valence-corrected chi connectivity index (χ0v) is 14.0. The van der Waals surface area contributed by atoms with Crippen molar-refractivity contribution in [3.63, 3.8) is 0 Å². The summed E-state index contributed by atoms with van der Waals surface area (Å²) in [5.41, 5.74) is 5.52. The van der Waals surface area contributed by atoms with Gasteiger partial charge in [0.15, 0.2) is 4.21 Å². The zero-order valence-electron chi connectivity index (χ0n) is 10.8. The van der Waals surface area contributed by atoms with E-state index in [1.807, 2.05) is 0 Å². The lowest BCUT2D eigenvalue weighted by molar-refractivity contribution is 0.100. The molecule has 2 aromatic rings. The Balaban J connectivity index is 2.45. The van der Waals surface area contributed by atoms with Crippen LogP contribution in [0, 0.1) is 0 Å². The van der Waals surface area contributed by atoms with Crippen LogP contribution in [0.1, 0.15) is 10.4 Å². The van der Waals surface area contributed by atoms with Crippen LogP contribution >= 0.6 is 27.3 Å². The van der Waals surface area contributed by atoms with Crippen molar-refractivity contribution in [2.45, 2.75) is 4.21 Å². The molecule has 9 heteroatoms. The number of carbonyl (C=O) groups is 1. The molecule has 0 unspecified atom stereocenters. The first-order valence-electron chi connectivity index (χ1n) is 5.59. The molecule has 1 aromatic heterocycles. The second-order valence-electron chi connectivity index (χ2n) is 3.94. The Morgan fingerprint density at radius 2 is 2.10 bits per heavy atom. The third-order valence-electron chi connectivity index (χ3n) is 2.56. The second kappa shape index (κ2) is 6.04. The number of amides is 1. The fourth-order valence-corrected chi connectivity index (χ4v) is 5.00. The molecule has 0 fully saturated rings. The molecule has 6 nitrogen and oxygen atoms in total. The molecule has 3 N–H and O–H groups in total. The van der Waals surface area contributed by atoms with Crippen LogP contribution in [-0.4, -0.2) is 21.4 Å². The summed E-state index contributed by atoms with van der Waals surface area (Å²) >= 11 is 4.24. The van der Waals surface area contributed by atoms with Gasteiger partial charge in [-0.1, -0.05) is 0 Å². The Morgan fingerprint density at radius 1 is 1.38 bits per heavy atom. The SMILES string of the molecule is COc1ccc(C(N)=O)cc1NS(=O)(=O)c1sccc1Br. The number of anilines is 1. The molecule has 1 aromatic carbocycles. The first kappa shape index (κ1) is 15.8. The minimum Gasteiger partial charge on any atom is -0.495 e. The number of nitrogens with two attached hydrogens (primary N) is 1. The van der Waals surface area contributed by atoms with E-state index in [1.54, 1.807) is 11.4 Å². The van der Waals surface area contributed by atoms with E-state index in [-0.39, 0.29) is 21.2 Å². The van der Waals surface area contributed by atoms with E-state index in [2.05, 4.69) is 20.7 Å². The van der Waals surface area contributed by atoms with Crippen molar-refractivity contribution in [3.05, 3.63) is 39.7 Å². The molecule has 0 saturated carbocycles. The number of sulfonamides is 1. The molecule has 0 aliphatic carbocycles. The Morgan fingerprint density at radius 3 is 2.62 bits per heavy atom. The van der Waals surface area contributed by atoms with Crippen LogP contribution < -0.4 is 15.2 Å². The normalized spacial score (nSPS) is 11.1. The number of benzene rings is 1. The minimum absolute atomic E-state index is 0.133. The van der Waals surface area contributed by atoms with Crippen molar-refractivity contribution in [2.75, 3.05) is 11.8 Å². The summed E-state index contributed by atoms with van der Waals surface area (Å²) in [4.78, 5) is 11.2. The van der Waals surface area contributed by atoms with Gasteiger partial charge in [-0.2, -0.15) is 0 Å². The van der Waals surface area contributed by atoms with Gasteiger partial charge in [0.2, 0.25) is 5.91 Å². The van der Waals surface area contributed by atoms with Crippen molar-refractivity contribution in [2.24, 2.45) is 5.73 Å². The number of ether oxygens (including phenoxy) is 1. The molecular weight excluding hydrogens is 380 g/mol. The van der Waals surface area contributed by atoms with E-state index >= 15 is 0 Å². The van der Waals surface area contributed by atoms with Gasteiger partial charge in [0.05, 0.1) is 12.8 Å². The fourth-order valence-electron chi connectivity index (χ4n) is 1.60. The van der Waals surface area contributed by atoms with E-state index < -0.39 is 15.9 Å². The van der Waals surface area contributed by atoms with Crippen LogP contribution in [0.2, 0.25) is 0 Å². The summed E-state index contributed by atoms with van der Waals surface area (Å²) in [7, 11) is -2.39. The van der Waals surface area contributed by atoms with Crippen molar-refractivity contribution < 1.29 is 17.9 Å². The first-order chi connectivity index (χ1) is 9.85. The average Bonchev–Trinajstić information content (AvgIpc) is 2.85. The number of hydrogen-bond donors (Lipinski definition) is 2. The minimum atomic E-state index is -3.79. The van der Waals surface area contributed by atoms with Crippen LogP contribution in [0.15, 0.2) is 38.3 Å². The highest BCUT2D eigenvalue weighted by Gasteiger charge is 2.21. The van der Waals surface area contributed by atoms with Gasteiger partial charge in [-0.25, -0.2) is 8.42 Å². The van der Waals surface area contributed by atoms with Crippen molar-refractivity contribution >= 4 is 48.9 Å². The van der Waals surface area contributed by atoms with Gasteiger partial charge in [0.1, 0.15) is 5.75 Å². The summed E-state index contributed by atoms with van der Waals surface area (Å²) in [6, 6.07) is 5.90. The number of rotatable bonds is 5. The monoisotopic (exact) mass is 390 g/mol. The van der Waals surface area contributed by atoms with Crippen LogP contribution in [-0.2, 0) is 10.0 Å². The molecule has 0 bridgehead atoms. The summed E-state index contributed by atoms with van der Waals surface area (Å²) < 4.78 is 32.7. The van der Waals surface area contributed by atoms with Crippen LogP contribution in [0.3, 0.4) is 0 Å². The largest absolute Gasteiger partial charge is 0.495 e. The molecular formula is C12H11BrN2O4S2. The van der Waals surface area contributed by atoms with Gasteiger partial charge in [-0.05, 0) is 45.6 Å². The van der Waals surface area contributed by atoms with Crippen molar-refractivity contribution in [3.8, 4) is 5.75 Å². The molecule has 0 aliphatic rings. The lowest BCUT2D eigenvalue weighted by Gasteiger charge is -2.12. The summed E-state index contributed by atoms with van der Waals surface area (Å²) in [6.45, 7) is 0. The lowest BCUT2D eigenvalue weighted by atomic mass is 10.2. The van der Waals surface area contributed by atoms with Gasteiger partial charge >= 0.3 is 0 Å². The first-order valence-corrected chi connectivity index (χ1v) is 8.74. The number of halogens is 1. The van der Waals surface area contributed by atoms with Gasteiger partial charge in [0, 0.05) is 10.0 Å². The van der Waals surface area contributed by atoms with Gasteiger partial charge in [-0.15, -0.1) is 11.3 Å². The molecule has 1 amide bonds. The van der Waals surface area contributed by atoms with Gasteiger partial charge in [0.25, 0.3) is 10.0 Å². The number of hydrogen-bond acceptors (Lipinski definition) is 5. The fraction of sp³-hybridized carbons (Fsp3) is 0.0833. The topological polar surface area (TPSA) is 98.5 Å². The molecule has 21 heavy (non-hydrogen) atoms. The predicted molar refractivity (Wildman–Crippen MR) is 84.3 cm³/mol. The molecule has 1 heterocycles. The number of carbonyl (C=O) groups excluding carboxylic acids is 1.